The van der Waals surface area contributed by atoms with Gasteiger partial charge in [-0.2, -0.15) is 0 Å². The number of aryl methyl sites for hydroxylation is 2. The van der Waals surface area contributed by atoms with Gasteiger partial charge in [0.15, 0.2) is 0 Å². The summed E-state index contributed by atoms with van der Waals surface area (Å²) >= 11 is 0. The van der Waals surface area contributed by atoms with Gasteiger partial charge in [-0.25, -0.2) is 0 Å². The molecular formula is C20H23NO2. The van der Waals surface area contributed by atoms with Crippen molar-refractivity contribution in [1.29, 1.82) is 0 Å². The highest BCUT2D eigenvalue weighted by Gasteiger charge is 2.04. The summed E-state index contributed by atoms with van der Waals surface area (Å²) < 4.78 is 5.64. The van der Waals surface area contributed by atoms with Gasteiger partial charge in [-0.15, -0.1) is 0 Å². The fourth-order valence-electron chi connectivity index (χ4n) is 2.02. The second-order valence-corrected chi connectivity index (χ2v) is 5.67. The van der Waals surface area contributed by atoms with E-state index in [0.29, 0.717) is 13.2 Å². The molecule has 0 aliphatic heterocycles. The molecule has 2 aromatic carbocycles. The maximum Gasteiger partial charge on any atom is 0.246 e. The smallest absolute Gasteiger partial charge is 0.246 e. The number of benzene rings is 2. The molecule has 0 spiro atoms. The molecule has 0 atom stereocenters. The Morgan fingerprint density at radius 3 is 2.17 bits per heavy atom. The van der Waals surface area contributed by atoms with Gasteiger partial charge in [0.05, 0.1) is 6.54 Å². The first-order valence-electron chi connectivity index (χ1n) is 7.74. The fraction of sp³-hybridized carbons (Fsp3) is 0.250. The average molecular weight is 309 g/mol. The molecule has 2 aromatic rings. The standard InChI is InChI=1S/C20H23NO2/c1-16-4-8-18(9-5-16)10-13-20(22)21(3)14-15-23-19-11-6-17(2)7-12-19/h4-13H,14-15H2,1-3H3/b13-10+. The summed E-state index contributed by atoms with van der Waals surface area (Å²) in [5, 5.41) is 0. The minimum atomic E-state index is -0.0296. The second kappa shape index (κ2) is 8.18. The van der Waals surface area contributed by atoms with Crippen LogP contribution in [-0.2, 0) is 4.79 Å². The molecule has 0 aliphatic carbocycles. The van der Waals surface area contributed by atoms with Crippen LogP contribution in [0, 0.1) is 13.8 Å². The Morgan fingerprint density at radius 2 is 1.57 bits per heavy atom. The molecule has 0 saturated heterocycles. The Hall–Kier alpha value is -2.55. The van der Waals surface area contributed by atoms with E-state index in [0.717, 1.165) is 11.3 Å². The van der Waals surface area contributed by atoms with E-state index in [4.69, 9.17) is 4.74 Å². The van der Waals surface area contributed by atoms with Crippen LogP contribution < -0.4 is 4.74 Å². The SMILES string of the molecule is Cc1ccc(/C=C/C(=O)N(C)CCOc2ccc(C)cc2)cc1. The van der Waals surface area contributed by atoms with Gasteiger partial charge >= 0.3 is 0 Å². The van der Waals surface area contributed by atoms with E-state index in [2.05, 4.69) is 0 Å². The van der Waals surface area contributed by atoms with Crippen LogP contribution >= 0.6 is 0 Å². The van der Waals surface area contributed by atoms with Crippen molar-refractivity contribution in [3.63, 3.8) is 0 Å². The number of likely N-dealkylation sites (N-methyl/N-ethyl adjacent to an activating group) is 1. The molecule has 0 heterocycles. The Morgan fingerprint density at radius 1 is 1.00 bits per heavy atom. The topological polar surface area (TPSA) is 29.5 Å². The number of hydrogen-bond acceptors (Lipinski definition) is 2. The summed E-state index contributed by atoms with van der Waals surface area (Å²) in [4.78, 5) is 13.7. The molecule has 0 fully saturated rings. The zero-order valence-electron chi connectivity index (χ0n) is 14.0. The van der Waals surface area contributed by atoms with Gasteiger partial charge in [-0.1, -0.05) is 47.5 Å². The predicted molar refractivity (Wildman–Crippen MR) is 94.5 cm³/mol. The second-order valence-electron chi connectivity index (χ2n) is 5.67. The molecule has 0 radical (unpaired) electrons. The number of rotatable bonds is 6. The van der Waals surface area contributed by atoms with E-state index in [9.17, 15) is 4.79 Å². The Kier molecular flexibility index (Phi) is 5.98. The highest BCUT2D eigenvalue weighted by molar-refractivity contribution is 5.91. The molecule has 0 aliphatic rings. The Balaban J connectivity index is 1.78. The lowest BCUT2D eigenvalue weighted by molar-refractivity contribution is -0.125. The highest BCUT2D eigenvalue weighted by Crippen LogP contribution is 2.11. The van der Waals surface area contributed by atoms with Crippen molar-refractivity contribution in [3.05, 3.63) is 71.3 Å². The summed E-state index contributed by atoms with van der Waals surface area (Å²) in [6.07, 6.45) is 3.43. The molecule has 120 valence electrons. The van der Waals surface area contributed by atoms with Crippen molar-refractivity contribution in [1.82, 2.24) is 4.90 Å². The molecule has 3 nitrogen and oxygen atoms in total. The Labute approximate surface area is 138 Å². The minimum Gasteiger partial charge on any atom is -0.492 e. The quantitative estimate of drug-likeness (QED) is 0.758. The molecule has 1 amide bonds. The van der Waals surface area contributed by atoms with Gasteiger partial charge in [0.25, 0.3) is 0 Å². The number of nitrogens with zero attached hydrogens (tertiary/aromatic N) is 1. The van der Waals surface area contributed by atoms with Crippen molar-refractivity contribution in [3.8, 4) is 5.75 Å². The zero-order valence-corrected chi connectivity index (χ0v) is 14.0. The molecule has 0 N–H and O–H groups in total. The van der Waals surface area contributed by atoms with Crippen LogP contribution in [-0.4, -0.2) is 31.0 Å². The molecule has 0 bridgehead atoms. The molecule has 0 aromatic heterocycles. The Bertz CT molecular complexity index is 657. The summed E-state index contributed by atoms with van der Waals surface area (Å²) in [6.45, 7) is 5.10. The first-order chi connectivity index (χ1) is 11.0. The van der Waals surface area contributed by atoms with Crippen LogP contribution in [0.15, 0.2) is 54.6 Å². The van der Waals surface area contributed by atoms with Gasteiger partial charge in [0.1, 0.15) is 12.4 Å². The van der Waals surface area contributed by atoms with Crippen LogP contribution in [0.4, 0.5) is 0 Å². The van der Waals surface area contributed by atoms with Gasteiger partial charge in [0.2, 0.25) is 5.91 Å². The van der Waals surface area contributed by atoms with Crippen molar-refractivity contribution >= 4 is 12.0 Å². The van der Waals surface area contributed by atoms with Gasteiger partial charge in [-0.05, 0) is 37.6 Å². The van der Waals surface area contributed by atoms with Crippen LogP contribution in [0.2, 0.25) is 0 Å². The highest BCUT2D eigenvalue weighted by atomic mass is 16.5. The van der Waals surface area contributed by atoms with Crippen LogP contribution in [0.1, 0.15) is 16.7 Å². The lowest BCUT2D eigenvalue weighted by atomic mass is 10.1. The zero-order chi connectivity index (χ0) is 16.7. The van der Waals surface area contributed by atoms with Gasteiger partial charge in [-0.3, -0.25) is 4.79 Å². The summed E-state index contributed by atoms with van der Waals surface area (Å²) in [7, 11) is 1.78. The van der Waals surface area contributed by atoms with Gasteiger partial charge < -0.3 is 9.64 Å². The van der Waals surface area contributed by atoms with E-state index < -0.39 is 0 Å². The normalized spacial score (nSPS) is 10.7. The maximum absolute atomic E-state index is 12.1. The van der Waals surface area contributed by atoms with E-state index >= 15 is 0 Å². The minimum absolute atomic E-state index is 0.0296. The van der Waals surface area contributed by atoms with Gasteiger partial charge in [0, 0.05) is 13.1 Å². The van der Waals surface area contributed by atoms with Crippen LogP contribution in [0.5, 0.6) is 5.75 Å². The monoisotopic (exact) mass is 309 g/mol. The third-order valence-electron chi connectivity index (χ3n) is 3.59. The molecule has 23 heavy (non-hydrogen) atoms. The predicted octanol–water partition coefficient (Wildman–Crippen LogP) is 3.85. The third-order valence-corrected chi connectivity index (χ3v) is 3.59. The van der Waals surface area contributed by atoms with Crippen molar-refractivity contribution in [2.75, 3.05) is 20.2 Å². The number of carbonyl (C=O) groups is 1. The lowest BCUT2D eigenvalue weighted by Gasteiger charge is -2.15. The summed E-state index contributed by atoms with van der Waals surface area (Å²) in [5.74, 6) is 0.796. The maximum atomic E-state index is 12.1. The van der Waals surface area contributed by atoms with E-state index in [-0.39, 0.29) is 5.91 Å². The molecular weight excluding hydrogens is 286 g/mol. The summed E-state index contributed by atoms with van der Waals surface area (Å²) in [5.41, 5.74) is 3.43. The molecule has 0 saturated carbocycles. The van der Waals surface area contributed by atoms with Crippen LogP contribution in [0.25, 0.3) is 6.08 Å². The lowest BCUT2D eigenvalue weighted by Crippen LogP contribution is -2.29. The van der Waals surface area contributed by atoms with E-state index in [1.54, 1.807) is 18.0 Å². The first kappa shape index (κ1) is 16.8. The van der Waals surface area contributed by atoms with Crippen molar-refractivity contribution in [2.45, 2.75) is 13.8 Å². The van der Waals surface area contributed by atoms with E-state index in [1.807, 2.05) is 68.5 Å². The molecule has 0 unspecified atom stereocenters. The number of ether oxygens (including phenoxy) is 1. The average Bonchev–Trinajstić information content (AvgIpc) is 2.55. The molecule has 3 heteroatoms. The van der Waals surface area contributed by atoms with Crippen molar-refractivity contribution < 1.29 is 9.53 Å². The number of amides is 1. The third kappa shape index (κ3) is 5.62. The fourth-order valence-corrected chi connectivity index (χ4v) is 2.02. The largest absolute Gasteiger partial charge is 0.492 e. The molecule has 2 rings (SSSR count). The van der Waals surface area contributed by atoms with Crippen molar-refractivity contribution in [2.24, 2.45) is 0 Å². The van der Waals surface area contributed by atoms with E-state index in [1.165, 1.54) is 11.1 Å². The first-order valence-corrected chi connectivity index (χ1v) is 7.74. The van der Waals surface area contributed by atoms with Crippen LogP contribution in [0.3, 0.4) is 0 Å². The number of hydrogen-bond donors (Lipinski definition) is 0. The summed E-state index contributed by atoms with van der Waals surface area (Å²) in [6, 6.07) is 16.0. The number of carbonyl (C=O) groups excluding carboxylic acids is 1.